The van der Waals surface area contributed by atoms with E-state index in [2.05, 4.69) is 22.5 Å². The quantitative estimate of drug-likeness (QED) is 0.239. The first-order valence-electron chi connectivity index (χ1n) is 12.6. The lowest BCUT2D eigenvalue weighted by atomic mass is 10.1. The van der Waals surface area contributed by atoms with E-state index in [4.69, 9.17) is 10.8 Å². The second-order valence-electron chi connectivity index (χ2n) is 9.07. The summed E-state index contributed by atoms with van der Waals surface area (Å²) < 4.78 is 2.00. The first-order chi connectivity index (χ1) is 18.4. The Morgan fingerprint density at radius 1 is 1.08 bits per heavy atom. The van der Waals surface area contributed by atoms with E-state index < -0.39 is 17.9 Å². The second-order valence-corrected chi connectivity index (χ2v) is 9.07. The molecule has 4 aromatic rings. The summed E-state index contributed by atoms with van der Waals surface area (Å²) >= 11 is 0. The molecule has 9 heteroatoms. The molecule has 0 spiro atoms. The highest BCUT2D eigenvalue weighted by atomic mass is 16.3. The Kier molecular flexibility index (Phi) is 8.84. The zero-order valence-corrected chi connectivity index (χ0v) is 21.3. The number of imide groups is 1. The van der Waals surface area contributed by atoms with Crippen LogP contribution in [0.4, 0.5) is 5.69 Å². The number of carbonyl (C=O) groups is 2. The predicted molar refractivity (Wildman–Crippen MR) is 146 cm³/mol. The van der Waals surface area contributed by atoms with E-state index in [-0.39, 0.29) is 12.2 Å². The lowest BCUT2D eigenvalue weighted by Gasteiger charge is -2.13. The van der Waals surface area contributed by atoms with Gasteiger partial charge in [-0.15, -0.1) is 0 Å². The number of hydrogen-bond donors (Lipinski definition) is 4. The van der Waals surface area contributed by atoms with Crippen LogP contribution >= 0.6 is 0 Å². The lowest BCUT2D eigenvalue weighted by molar-refractivity contribution is -0.121. The van der Waals surface area contributed by atoms with E-state index in [1.54, 1.807) is 42.7 Å². The fourth-order valence-corrected chi connectivity index (χ4v) is 3.97. The number of unbranched alkanes of at least 4 members (excludes halogenated alkanes) is 1. The van der Waals surface area contributed by atoms with Crippen LogP contribution in [0, 0.1) is 0 Å². The highest BCUT2D eigenvalue weighted by Crippen LogP contribution is 2.20. The van der Waals surface area contributed by atoms with Crippen LogP contribution in [0.1, 0.15) is 41.4 Å². The molecular formula is C29H32N6O3. The van der Waals surface area contributed by atoms with E-state index >= 15 is 0 Å². The molecule has 0 saturated heterocycles. The number of phenols is 1. The fourth-order valence-electron chi connectivity index (χ4n) is 3.97. The largest absolute Gasteiger partial charge is 0.508 e. The molecule has 38 heavy (non-hydrogen) atoms. The number of hydrogen-bond acceptors (Lipinski definition) is 7. The van der Waals surface area contributed by atoms with Gasteiger partial charge in [-0.2, -0.15) is 5.10 Å². The van der Waals surface area contributed by atoms with Crippen molar-refractivity contribution in [2.45, 2.75) is 45.3 Å². The van der Waals surface area contributed by atoms with Crippen LogP contribution < -0.4 is 16.4 Å². The van der Waals surface area contributed by atoms with Crippen molar-refractivity contribution in [1.82, 2.24) is 20.1 Å². The molecule has 0 aliphatic heterocycles. The number of amides is 2. The number of nitrogens with zero attached hydrogens (tertiary/aromatic N) is 3. The van der Waals surface area contributed by atoms with Gasteiger partial charge < -0.3 is 16.2 Å². The molecule has 1 atom stereocenters. The van der Waals surface area contributed by atoms with Gasteiger partial charge in [0.15, 0.2) is 0 Å². The molecule has 4 rings (SSSR count). The monoisotopic (exact) mass is 512 g/mol. The number of aromatic nitrogens is 3. The van der Waals surface area contributed by atoms with Crippen molar-refractivity contribution in [3.63, 3.8) is 0 Å². The highest BCUT2D eigenvalue weighted by Gasteiger charge is 2.18. The van der Waals surface area contributed by atoms with E-state index in [1.165, 1.54) is 12.1 Å². The summed E-state index contributed by atoms with van der Waals surface area (Å²) in [6.07, 6.45) is 5.85. The predicted octanol–water partition coefficient (Wildman–Crippen LogP) is 3.89. The first kappa shape index (κ1) is 26.6. The Bertz CT molecular complexity index is 1370. The van der Waals surface area contributed by atoms with Crippen LogP contribution in [0.25, 0.3) is 11.3 Å². The first-order valence-corrected chi connectivity index (χ1v) is 12.6. The number of rotatable bonds is 11. The molecule has 0 fully saturated rings. The Morgan fingerprint density at radius 3 is 2.63 bits per heavy atom. The third-order valence-electron chi connectivity index (χ3n) is 6.11. The van der Waals surface area contributed by atoms with Crippen LogP contribution in [0.15, 0.2) is 79.1 Å². The van der Waals surface area contributed by atoms with Gasteiger partial charge in [-0.25, -0.2) is 0 Å². The van der Waals surface area contributed by atoms with Gasteiger partial charge in [-0.1, -0.05) is 31.5 Å². The third kappa shape index (κ3) is 7.04. The Morgan fingerprint density at radius 2 is 1.89 bits per heavy atom. The number of carbonyl (C=O) groups excluding carboxylic acids is 2. The SMILES string of the molecule is CCCCn1nc(-c2cccnc2)cc1CNc1cccc(C(=O)NC(=O)C(N)Cc2ccc(O)cc2)c1. The summed E-state index contributed by atoms with van der Waals surface area (Å²) in [5, 5.41) is 19.9. The molecule has 2 heterocycles. The average molecular weight is 513 g/mol. The van der Waals surface area contributed by atoms with Gasteiger partial charge in [-0.05, 0) is 66.9 Å². The maximum Gasteiger partial charge on any atom is 0.257 e. The van der Waals surface area contributed by atoms with Crippen LogP contribution in [-0.4, -0.2) is 37.7 Å². The maximum atomic E-state index is 12.7. The van der Waals surface area contributed by atoms with E-state index in [0.717, 1.165) is 47.6 Å². The molecule has 0 radical (unpaired) electrons. The van der Waals surface area contributed by atoms with Crippen molar-refractivity contribution in [2.24, 2.45) is 5.73 Å². The normalized spacial score (nSPS) is 11.6. The Labute approximate surface area is 221 Å². The molecule has 1 unspecified atom stereocenters. The zero-order chi connectivity index (χ0) is 26.9. The van der Waals surface area contributed by atoms with Gasteiger partial charge in [0.25, 0.3) is 5.91 Å². The van der Waals surface area contributed by atoms with E-state index in [0.29, 0.717) is 12.1 Å². The van der Waals surface area contributed by atoms with Gasteiger partial charge >= 0.3 is 0 Å². The molecule has 9 nitrogen and oxygen atoms in total. The minimum Gasteiger partial charge on any atom is -0.508 e. The van der Waals surface area contributed by atoms with Gasteiger partial charge in [0.2, 0.25) is 5.91 Å². The van der Waals surface area contributed by atoms with Crippen LogP contribution in [-0.2, 0) is 24.3 Å². The average Bonchev–Trinajstić information content (AvgIpc) is 3.35. The Hall–Kier alpha value is -4.50. The van der Waals surface area contributed by atoms with Crippen molar-refractivity contribution in [1.29, 1.82) is 0 Å². The van der Waals surface area contributed by atoms with E-state index in [9.17, 15) is 14.7 Å². The van der Waals surface area contributed by atoms with Gasteiger partial charge in [0.1, 0.15) is 5.75 Å². The minimum atomic E-state index is -0.901. The number of anilines is 1. The molecule has 0 bridgehead atoms. The Balaban J connectivity index is 1.39. The summed E-state index contributed by atoms with van der Waals surface area (Å²) in [7, 11) is 0. The van der Waals surface area contributed by atoms with Crippen molar-refractivity contribution in [3.8, 4) is 17.0 Å². The summed E-state index contributed by atoms with van der Waals surface area (Å²) in [6.45, 7) is 3.46. The minimum absolute atomic E-state index is 0.134. The molecular weight excluding hydrogens is 480 g/mol. The molecule has 5 N–H and O–H groups in total. The van der Waals surface area contributed by atoms with Gasteiger partial charge in [0.05, 0.1) is 24.0 Å². The number of pyridine rings is 1. The molecule has 2 aromatic heterocycles. The van der Waals surface area contributed by atoms with Crippen molar-refractivity contribution < 1.29 is 14.7 Å². The smallest absolute Gasteiger partial charge is 0.257 e. The summed E-state index contributed by atoms with van der Waals surface area (Å²) in [4.78, 5) is 29.4. The van der Waals surface area contributed by atoms with Crippen LogP contribution in [0.2, 0.25) is 0 Å². The van der Waals surface area contributed by atoms with Crippen molar-refractivity contribution >= 4 is 17.5 Å². The van der Waals surface area contributed by atoms with E-state index in [1.807, 2.05) is 28.9 Å². The maximum absolute atomic E-state index is 12.7. The van der Waals surface area contributed by atoms with Crippen molar-refractivity contribution in [2.75, 3.05) is 5.32 Å². The van der Waals surface area contributed by atoms with Gasteiger partial charge in [-0.3, -0.25) is 24.6 Å². The number of nitrogens with one attached hydrogen (secondary N) is 2. The second kappa shape index (κ2) is 12.6. The number of benzene rings is 2. The van der Waals surface area contributed by atoms with Crippen LogP contribution in [0.3, 0.4) is 0 Å². The molecule has 0 aliphatic rings. The number of aryl methyl sites for hydroxylation is 1. The molecule has 2 amide bonds. The molecule has 0 saturated carbocycles. The fraction of sp³-hybridized carbons (Fsp3) is 0.241. The van der Waals surface area contributed by atoms with Crippen LogP contribution in [0.5, 0.6) is 5.75 Å². The zero-order valence-electron chi connectivity index (χ0n) is 21.3. The molecule has 196 valence electrons. The highest BCUT2D eigenvalue weighted by molar-refractivity contribution is 6.06. The van der Waals surface area contributed by atoms with Crippen molar-refractivity contribution in [3.05, 3.63) is 95.9 Å². The van der Waals surface area contributed by atoms with Gasteiger partial charge in [0, 0.05) is 35.8 Å². The summed E-state index contributed by atoms with van der Waals surface area (Å²) in [5.41, 5.74) is 10.7. The molecule has 0 aliphatic carbocycles. The number of nitrogens with two attached hydrogens (primary N) is 1. The lowest BCUT2D eigenvalue weighted by Crippen LogP contribution is -2.44. The summed E-state index contributed by atoms with van der Waals surface area (Å²) in [5.74, 6) is -0.953. The molecule has 2 aromatic carbocycles. The third-order valence-corrected chi connectivity index (χ3v) is 6.11. The summed E-state index contributed by atoms with van der Waals surface area (Å²) in [6, 6.07) is 18.4. The number of phenolic OH excluding ortho intramolecular Hbond substituents is 1. The standard InChI is InChI=1S/C29H32N6O3/c1-2-3-14-35-24(17-27(34-35)22-7-5-13-31-18-22)19-32-23-8-4-6-21(16-23)28(37)33-29(38)26(30)15-20-9-11-25(36)12-10-20/h4-13,16-18,26,32,36H,2-3,14-15,19,30H2,1H3,(H,33,37,38). The topological polar surface area (TPSA) is 135 Å². The number of aromatic hydroxyl groups is 1.